The van der Waals surface area contributed by atoms with Crippen LogP contribution in [0.15, 0.2) is 16.8 Å². The summed E-state index contributed by atoms with van der Waals surface area (Å²) in [5.41, 5.74) is 1.17. The van der Waals surface area contributed by atoms with Crippen LogP contribution in [0.4, 0.5) is 0 Å². The Balaban J connectivity index is 1.99. The Kier molecular flexibility index (Phi) is 5.43. The zero-order valence-electron chi connectivity index (χ0n) is 12.6. The first-order valence-electron chi connectivity index (χ1n) is 7.35. The topological polar surface area (TPSA) is 54.5 Å². The van der Waals surface area contributed by atoms with Gasteiger partial charge in [-0.3, -0.25) is 4.79 Å². The van der Waals surface area contributed by atoms with Crippen molar-refractivity contribution in [3.05, 3.63) is 22.4 Å². The number of thiophene rings is 1. The molecule has 2 atom stereocenters. The maximum atomic E-state index is 12.3. The maximum Gasteiger partial charge on any atom is 0.222 e. The van der Waals surface area contributed by atoms with Gasteiger partial charge in [0, 0.05) is 25.8 Å². The average Bonchev–Trinajstić information content (AvgIpc) is 2.96. The molecular weight excluding hydrogens is 306 g/mol. The minimum Gasteiger partial charge on any atom is -0.341 e. The molecule has 0 radical (unpaired) electrons. The molecule has 1 heterocycles. The number of amides is 1. The number of hydrogen-bond acceptors (Lipinski definition) is 4. The molecule has 0 aliphatic heterocycles. The largest absolute Gasteiger partial charge is 0.341 e. The lowest BCUT2D eigenvalue weighted by atomic mass is 9.93. The molecule has 2 rings (SSSR count). The fraction of sp³-hybridized carbons (Fsp3) is 0.667. The van der Waals surface area contributed by atoms with Gasteiger partial charge >= 0.3 is 0 Å². The van der Waals surface area contributed by atoms with Crippen LogP contribution in [0.2, 0.25) is 0 Å². The smallest absolute Gasteiger partial charge is 0.222 e. The molecule has 1 aromatic rings. The van der Waals surface area contributed by atoms with Gasteiger partial charge in [-0.25, -0.2) is 8.42 Å². The summed E-state index contributed by atoms with van der Waals surface area (Å²) in [7, 11) is -1.35. The summed E-state index contributed by atoms with van der Waals surface area (Å²) in [5.74, 6) is 0.0433. The predicted molar refractivity (Wildman–Crippen MR) is 86.3 cm³/mol. The van der Waals surface area contributed by atoms with Crippen molar-refractivity contribution < 1.29 is 13.2 Å². The van der Waals surface area contributed by atoms with Crippen LogP contribution in [0.25, 0.3) is 0 Å². The minimum absolute atomic E-state index is 0.0433. The molecule has 0 spiro atoms. The normalized spacial score (nSPS) is 23.0. The van der Waals surface area contributed by atoms with Crippen molar-refractivity contribution in [2.24, 2.45) is 0 Å². The van der Waals surface area contributed by atoms with E-state index in [-0.39, 0.29) is 11.9 Å². The number of sulfone groups is 1. The van der Waals surface area contributed by atoms with E-state index in [0.717, 1.165) is 25.7 Å². The second kappa shape index (κ2) is 6.92. The van der Waals surface area contributed by atoms with E-state index in [9.17, 15) is 13.2 Å². The maximum absolute atomic E-state index is 12.3. The van der Waals surface area contributed by atoms with Crippen molar-refractivity contribution in [3.8, 4) is 0 Å². The highest BCUT2D eigenvalue weighted by molar-refractivity contribution is 7.91. The van der Waals surface area contributed by atoms with Crippen molar-refractivity contribution in [3.63, 3.8) is 0 Å². The SMILES string of the molecule is CN(C(=O)CCc1ccsc1)[C@H]1CCCC[C@@H]1S(C)(=O)=O. The van der Waals surface area contributed by atoms with Crippen LogP contribution in [-0.2, 0) is 21.1 Å². The fourth-order valence-corrected chi connectivity index (χ4v) is 5.25. The molecule has 4 nitrogen and oxygen atoms in total. The summed E-state index contributed by atoms with van der Waals surface area (Å²) in [4.78, 5) is 14.0. The second-order valence-electron chi connectivity index (χ2n) is 5.86. The van der Waals surface area contributed by atoms with Gasteiger partial charge < -0.3 is 4.90 Å². The molecule has 1 fully saturated rings. The van der Waals surface area contributed by atoms with Crippen LogP contribution in [0.1, 0.15) is 37.7 Å². The van der Waals surface area contributed by atoms with Crippen LogP contribution < -0.4 is 0 Å². The van der Waals surface area contributed by atoms with E-state index in [1.54, 1.807) is 23.3 Å². The molecule has 0 bridgehead atoms. The van der Waals surface area contributed by atoms with Gasteiger partial charge in [0.1, 0.15) is 0 Å². The number of aryl methyl sites for hydroxylation is 1. The van der Waals surface area contributed by atoms with Crippen LogP contribution >= 0.6 is 11.3 Å². The van der Waals surface area contributed by atoms with E-state index in [1.807, 2.05) is 16.8 Å². The van der Waals surface area contributed by atoms with Gasteiger partial charge in [0.15, 0.2) is 9.84 Å². The third-order valence-corrected chi connectivity index (χ3v) is 6.70. The number of carbonyl (C=O) groups excluding carboxylic acids is 1. The molecular formula is C15H23NO3S2. The molecule has 1 amide bonds. The predicted octanol–water partition coefficient (Wildman–Crippen LogP) is 2.49. The molecule has 0 N–H and O–H groups in total. The first-order valence-corrected chi connectivity index (χ1v) is 10.2. The zero-order valence-corrected chi connectivity index (χ0v) is 14.3. The van der Waals surface area contributed by atoms with Crippen LogP contribution in [-0.4, -0.2) is 43.8 Å². The van der Waals surface area contributed by atoms with Gasteiger partial charge in [-0.2, -0.15) is 11.3 Å². The first-order chi connectivity index (χ1) is 9.89. The highest BCUT2D eigenvalue weighted by Gasteiger charge is 2.36. The summed E-state index contributed by atoms with van der Waals surface area (Å²) >= 11 is 1.63. The van der Waals surface area contributed by atoms with E-state index in [1.165, 1.54) is 11.8 Å². The molecule has 118 valence electrons. The molecule has 1 aromatic heterocycles. The van der Waals surface area contributed by atoms with Gasteiger partial charge in [-0.15, -0.1) is 0 Å². The Morgan fingerprint density at radius 2 is 2.10 bits per heavy atom. The standard InChI is InChI=1S/C15H23NO3S2/c1-16(15(17)8-7-12-9-10-20-11-12)13-5-3-4-6-14(13)21(2,18)19/h9-11,13-14H,3-8H2,1-2H3/t13-,14-/m0/s1. The quantitative estimate of drug-likeness (QED) is 0.834. The second-order valence-corrected chi connectivity index (χ2v) is 8.90. The highest BCUT2D eigenvalue weighted by Crippen LogP contribution is 2.28. The number of rotatable bonds is 5. The lowest BCUT2D eigenvalue weighted by Crippen LogP contribution is -2.49. The first kappa shape index (κ1) is 16.5. The summed E-state index contributed by atoms with van der Waals surface area (Å²) < 4.78 is 23.9. The van der Waals surface area contributed by atoms with E-state index >= 15 is 0 Å². The molecule has 0 aromatic carbocycles. The average molecular weight is 329 g/mol. The Hall–Kier alpha value is -0.880. The molecule has 1 saturated carbocycles. The minimum atomic E-state index is -3.10. The fourth-order valence-electron chi connectivity index (χ4n) is 3.07. The summed E-state index contributed by atoms with van der Waals surface area (Å²) in [6, 6.07) is 1.86. The Morgan fingerprint density at radius 3 is 2.71 bits per heavy atom. The molecule has 1 aliphatic carbocycles. The monoisotopic (exact) mass is 329 g/mol. The van der Waals surface area contributed by atoms with E-state index in [0.29, 0.717) is 12.8 Å². The van der Waals surface area contributed by atoms with E-state index < -0.39 is 15.1 Å². The van der Waals surface area contributed by atoms with Crippen LogP contribution in [0, 0.1) is 0 Å². The van der Waals surface area contributed by atoms with E-state index in [2.05, 4.69) is 0 Å². The molecule has 21 heavy (non-hydrogen) atoms. The van der Waals surface area contributed by atoms with Crippen molar-refractivity contribution >= 4 is 27.1 Å². The van der Waals surface area contributed by atoms with Crippen molar-refractivity contribution in [1.29, 1.82) is 0 Å². The van der Waals surface area contributed by atoms with Gasteiger partial charge in [-0.05, 0) is 41.7 Å². The van der Waals surface area contributed by atoms with Gasteiger partial charge in [-0.1, -0.05) is 12.8 Å². The third-order valence-electron chi connectivity index (χ3n) is 4.32. The number of hydrogen-bond donors (Lipinski definition) is 0. The summed E-state index contributed by atoms with van der Waals surface area (Å²) in [6.45, 7) is 0. The van der Waals surface area contributed by atoms with Gasteiger partial charge in [0.25, 0.3) is 0 Å². The van der Waals surface area contributed by atoms with Crippen molar-refractivity contribution in [2.45, 2.75) is 49.8 Å². The van der Waals surface area contributed by atoms with E-state index in [4.69, 9.17) is 0 Å². The Morgan fingerprint density at radius 1 is 1.38 bits per heavy atom. The molecule has 0 unspecified atom stereocenters. The number of carbonyl (C=O) groups is 1. The highest BCUT2D eigenvalue weighted by atomic mass is 32.2. The lowest BCUT2D eigenvalue weighted by Gasteiger charge is -2.37. The van der Waals surface area contributed by atoms with Crippen LogP contribution in [0.5, 0.6) is 0 Å². The van der Waals surface area contributed by atoms with Crippen LogP contribution in [0.3, 0.4) is 0 Å². The third kappa shape index (κ3) is 4.30. The lowest BCUT2D eigenvalue weighted by molar-refractivity contribution is -0.132. The Labute approximate surface area is 131 Å². The molecule has 1 aliphatic rings. The molecule has 0 saturated heterocycles. The van der Waals surface area contributed by atoms with Gasteiger partial charge in [0.05, 0.1) is 5.25 Å². The summed E-state index contributed by atoms with van der Waals surface area (Å²) in [5, 5.41) is 3.65. The number of nitrogens with zero attached hydrogens (tertiary/aromatic N) is 1. The summed E-state index contributed by atoms with van der Waals surface area (Å²) in [6.07, 6.45) is 5.86. The molecule has 6 heteroatoms. The Bertz CT molecular complexity index is 566. The zero-order chi connectivity index (χ0) is 15.5. The van der Waals surface area contributed by atoms with Gasteiger partial charge in [0.2, 0.25) is 5.91 Å². The van der Waals surface area contributed by atoms with Crippen molar-refractivity contribution in [1.82, 2.24) is 4.90 Å². The van der Waals surface area contributed by atoms with Crippen molar-refractivity contribution in [2.75, 3.05) is 13.3 Å².